The Hall–Kier alpha value is -1.05. The lowest BCUT2D eigenvalue weighted by molar-refractivity contribution is 0.656. The van der Waals surface area contributed by atoms with E-state index in [1.165, 1.54) is 27.5 Å². The van der Waals surface area contributed by atoms with Crippen molar-refractivity contribution >= 4 is 23.2 Å². The Balaban J connectivity index is 0.000000963. The van der Waals surface area contributed by atoms with Gasteiger partial charge in [-0.3, -0.25) is 0 Å². The van der Waals surface area contributed by atoms with Gasteiger partial charge in [0, 0.05) is 6.04 Å². The van der Waals surface area contributed by atoms with Crippen molar-refractivity contribution in [3.8, 4) is 0 Å². The van der Waals surface area contributed by atoms with Crippen molar-refractivity contribution in [1.82, 2.24) is 0 Å². The lowest BCUT2D eigenvalue weighted by Crippen LogP contribution is -2.28. The van der Waals surface area contributed by atoms with E-state index in [4.69, 9.17) is 5.73 Å². The Bertz CT molecular complexity index is 521. The predicted molar refractivity (Wildman–Crippen MR) is 71.3 cm³/mol. The standard InChI is InChI=1S/C14H15N.ClH/c1-9-5-6-11-8-12(15)7-10-3-2-4-13(9)14(10)11;/h2-6,12H,7-8,15H2,1H3;1H. The number of benzene rings is 2. The van der Waals surface area contributed by atoms with Crippen LogP contribution in [0.2, 0.25) is 0 Å². The molecule has 0 saturated carbocycles. The Kier molecular flexibility index (Phi) is 2.92. The normalized spacial score (nSPS) is 18.2. The van der Waals surface area contributed by atoms with Gasteiger partial charge in [0.15, 0.2) is 0 Å². The minimum Gasteiger partial charge on any atom is -0.327 e. The van der Waals surface area contributed by atoms with Gasteiger partial charge in [-0.25, -0.2) is 0 Å². The van der Waals surface area contributed by atoms with Gasteiger partial charge in [0.1, 0.15) is 0 Å². The zero-order valence-corrected chi connectivity index (χ0v) is 10.2. The first kappa shape index (κ1) is 11.4. The molecule has 16 heavy (non-hydrogen) atoms. The van der Waals surface area contributed by atoms with Crippen LogP contribution in [0.4, 0.5) is 0 Å². The van der Waals surface area contributed by atoms with Crippen LogP contribution in [0.15, 0.2) is 30.3 Å². The van der Waals surface area contributed by atoms with Gasteiger partial charge in [0.2, 0.25) is 0 Å². The third-order valence-electron chi connectivity index (χ3n) is 3.40. The fourth-order valence-corrected chi connectivity index (χ4v) is 2.68. The van der Waals surface area contributed by atoms with Crippen LogP contribution in [0.1, 0.15) is 16.7 Å². The monoisotopic (exact) mass is 233 g/mol. The van der Waals surface area contributed by atoms with E-state index in [1.807, 2.05) is 0 Å². The van der Waals surface area contributed by atoms with Crippen LogP contribution in [-0.2, 0) is 12.8 Å². The van der Waals surface area contributed by atoms with Gasteiger partial charge in [0.05, 0.1) is 0 Å². The third kappa shape index (κ3) is 1.60. The van der Waals surface area contributed by atoms with Crippen molar-refractivity contribution < 1.29 is 0 Å². The summed E-state index contributed by atoms with van der Waals surface area (Å²) < 4.78 is 0. The molecule has 3 rings (SSSR count). The van der Waals surface area contributed by atoms with Gasteiger partial charge < -0.3 is 5.73 Å². The van der Waals surface area contributed by atoms with Crippen molar-refractivity contribution in [2.24, 2.45) is 5.73 Å². The van der Waals surface area contributed by atoms with Crippen LogP contribution in [0.5, 0.6) is 0 Å². The summed E-state index contributed by atoms with van der Waals surface area (Å²) in [7, 11) is 0. The van der Waals surface area contributed by atoms with Crippen LogP contribution in [0.25, 0.3) is 10.8 Å². The van der Waals surface area contributed by atoms with E-state index in [1.54, 1.807) is 0 Å². The average molecular weight is 234 g/mol. The summed E-state index contributed by atoms with van der Waals surface area (Å²) in [5.41, 5.74) is 10.3. The number of halogens is 1. The molecule has 2 aromatic carbocycles. The van der Waals surface area contributed by atoms with Gasteiger partial charge in [-0.15, -0.1) is 12.4 Å². The molecule has 0 heterocycles. The summed E-state index contributed by atoms with van der Waals surface area (Å²) in [6, 6.07) is 11.3. The van der Waals surface area contributed by atoms with Crippen molar-refractivity contribution in [3.05, 3.63) is 47.0 Å². The van der Waals surface area contributed by atoms with Gasteiger partial charge in [0.25, 0.3) is 0 Å². The highest BCUT2D eigenvalue weighted by molar-refractivity contribution is 5.92. The lowest BCUT2D eigenvalue weighted by Gasteiger charge is -2.23. The fraction of sp³-hybridized carbons (Fsp3) is 0.286. The summed E-state index contributed by atoms with van der Waals surface area (Å²) in [4.78, 5) is 0. The van der Waals surface area contributed by atoms with E-state index in [0.717, 1.165) is 12.8 Å². The molecule has 1 nitrogen and oxygen atoms in total. The molecule has 84 valence electrons. The molecule has 1 aliphatic carbocycles. The predicted octanol–water partition coefficient (Wildman–Crippen LogP) is 3.00. The van der Waals surface area contributed by atoms with E-state index in [9.17, 15) is 0 Å². The van der Waals surface area contributed by atoms with Crippen molar-refractivity contribution in [2.45, 2.75) is 25.8 Å². The molecular formula is C14H16ClN. The highest BCUT2D eigenvalue weighted by Crippen LogP contribution is 2.30. The molecule has 0 bridgehead atoms. The first-order valence-electron chi connectivity index (χ1n) is 5.51. The van der Waals surface area contributed by atoms with E-state index in [-0.39, 0.29) is 12.4 Å². The molecule has 1 aliphatic rings. The van der Waals surface area contributed by atoms with Gasteiger partial charge in [-0.1, -0.05) is 30.3 Å². The lowest BCUT2D eigenvalue weighted by atomic mass is 9.85. The summed E-state index contributed by atoms with van der Waals surface area (Å²) >= 11 is 0. The largest absolute Gasteiger partial charge is 0.327 e. The van der Waals surface area contributed by atoms with E-state index < -0.39 is 0 Å². The van der Waals surface area contributed by atoms with Crippen molar-refractivity contribution in [2.75, 3.05) is 0 Å². The topological polar surface area (TPSA) is 26.0 Å². The summed E-state index contributed by atoms with van der Waals surface area (Å²) in [6.07, 6.45) is 2.04. The molecule has 1 unspecified atom stereocenters. The van der Waals surface area contributed by atoms with Crippen molar-refractivity contribution in [3.63, 3.8) is 0 Å². The quantitative estimate of drug-likeness (QED) is 0.744. The molecular weight excluding hydrogens is 218 g/mol. The maximum atomic E-state index is 6.06. The van der Waals surface area contributed by atoms with Crippen LogP contribution >= 0.6 is 12.4 Å². The smallest absolute Gasteiger partial charge is 0.0120 e. The van der Waals surface area contributed by atoms with Crippen LogP contribution in [-0.4, -0.2) is 6.04 Å². The summed E-state index contributed by atoms with van der Waals surface area (Å²) in [6.45, 7) is 2.18. The first-order valence-corrected chi connectivity index (χ1v) is 5.51. The molecule has 1 atom stereocenters. The Morgan fingerprint density at radius 3 is 2.50 bits per heavy atom. The van der Waals surface area contributed by atoms with E-state index in [0.29, 0.717) is 6.04 Å². The Morgan fingerprint density at radius 1 is 1.06 bits per heavy atom. The maximum Gasteiger partial charge on any atom is 0.0120 e. The molecule has 0 amide bonds. The molecule has 2 aromatic rings. The fourth-order valence-electron chi connectivity index (χ4n) is 2.68. The minimum absolute atomic E-state index is 0. The summed E-state index contributed by atoms with van der Waals surface area (Å²) in [5.74, 6) is 0. The Morgan fingerprint density at radius 2 is 1.75 bits per heavy atom. The average Bonchev–Trinajstić information content (AvgIpc) is 2.23. The van der Waals surface area contributed by atoms with Crippen molar-refractivity contribution in [1.29, 1.82) is 0 Å². The second kappa shape index (κ2) is 4.08. The molecule has 0 aliphatic heterocycles. The molecule has 2 heteroatoms. The molecule has 0 fully saturated rings. The van der Waals surface area contributed by atoms with Crippen LogP contribution in [0, 0.1) is 6.92 Å². The highest BCUT2D eigenvalue weighted by Gasteiger charge is 2.17. The van der Waals surface area contributed by atoms with Crippen LogP contribution < -0.4 is 5.73 Å². The first-order chi connectivity index (χ1) is 7.25. The molecule has 2 N–H and O–H groups in total. The molecule has 0 saturated heterocycles. The second-order valence-corrected chi connectivity index (χ2v) is 4.55. The van der Waals surface area contributed by atoms with E-state index in [2.05, 4.69) is 37.3 Å². The second-order valence-electron chi connectivity index (χ2n) is 4.55. The van der Waals surface area contributed by atoms with Gasteiger partial charge >= 0.3 is 0 Å². The molecule has 0 radical (unpaired) electrons. The van der Waals surface area contributed by atoms with E-state index >= 15 is 0 Å². The molecule has 0 spiro atoms. The number of aryl methyl sites for hydroxylation is 1. The number of hydrogen-bond acceptors (Lipinski definition) is 1. The van der Waals surface area contributed by atoms with Gasteiger partial charge in [-0.05, 0) is 47.2 Å². The zero-order chi connectivity index (χ0) is 10.4. The highest BCUT2D eigenvalue weighted by atomic mass is 35.5. The number of hydrogen-bond donors (Lipinski definition) is 1. The summed E-state index contributed by atoms with van der Waals surface area (Å²) in [5, 5.41) is 2.86. The zero-order valence-electron chi connectivity index (χ0n) is 9.36. The minimum atomic E-state index is 0. The molecule has 0 aromatic heterocycles. The number of rotatable bonds is 0. The number of nitrogens with two attached hydrogens (primary N) is 1. The maximum absolute atomic E-state index is 6.06. The van der Waals surface area contributed by atoms with Gasteiger partial charge in [-0.2, -0.15) is 0 Å². The Labute approximate surface area is 102 Å². The third-order valence-corrected chi connectivity index (χ3v) is 3.40. The SMILES string of the molecule is Cc1ccc2c3c(cccc13)CC(N)C2.Cl. The van der Waals surface area contributed by atoms with Crippen LogP contribution in [0.3, 0.4) is 0 Å².